The summed E-state index contributed by atoms with van der Waals surface area (Å²) in [6.07, 6.45) is 6.36. The molecular weight excluding hydrogens is 394 g/mol. The number of nitrogens with zero attached hydrogens (tertiary/aromatic N) is 6. The first-order valence-corrected chi connectivity index (χ1v) is 10.7. The van der Waals surface area contributed by atoms with Crippen LogP contribution in [0.15, 0.2) is 36.7 Å². The first kappa shape index (κ1) is 18.3. The van der Waals surface area contributed by atoms with Crippen LogP contribution in [0, 0.1) is 5.92 Å². The molecule has 3 N–H and O–H groups in total. The first-order chi connectivity index (χ1) is 15.2. The Balaban J connectivity index is 0.00000108. The van der Waals surface area contributed by atoms with Crippen molar-refractivity contribution in [2.75, 3.05) is 25.0 Å². The maximum absolute atomic E-state index is 12.4. The highest BCUT2D eigenvalue weighted by molar-refractivity contribution is 5.93. The van der Waals surface area contributed by atoms with Gasteiger partial charge in [-0.1, -0.05) is 12.1 Å². The Hall–Kier alpha value is -3.53. The minimum absolute atomic E-state index is 0. The highest BCUT2D eigenvalue weighted by Crippen LogP contribution is 2.31. The number of carbonyl (C=O) groups excluding carboxylic acids is 1. The minimum atomic E-state index is -0.451. The molecule has 1 aliphatic heterocycles. The Morgan fingerprint density at radius 2 is 2.10 bits per heavy atom. The first-order valence-electron chi connectivity index (χ1n) is 10.7. The normalized spacial score (nSPS) is 19.5. The molecule has 1 aliphatic carbocycles. The van der Waals surface area contributed by atoms with Crippen molar-refractivity contribution in [3.05, 3.63) is 36.7 Å². The van der Waals surface area contributed by atoms with E-state index >= 15 is 0 Å². The zero-order chi connectivity index (χ0) is 20.8. The molecule has 1 amide bonds. The zero-order valence-electron chi connectivity index (χ0n) is 17.0. The lowest BCUT2D eigenvalue weighted by molar-refractivity contribution is -0.121. The van der Waals surface area contributed by atoms with Crippen LogP contribution in [-0.4, -0.2) is 60.9 Å². The third kappa shape index (κ3) is 3.48. The van der Waals surface area contributed by atoms with Gasteiger partial charge < -0.3 is 16.0 Å². The van der Waals surface area contributed by atoms with E-state index in [9.17, 15) is 4.79 Å². The molecule has 4 aromatic rings. The fraction of sp³-hybridized carbons (Fsp3) is 0.381. The molecule has 2 aliphatic rings. The van der Waals surface area contributed by atoms with Gasteiger partial charge in [-0.3, -0.25) is 9.48 Å². The molecular formula is C21H29N9O. The van der Waals surface area contributed by atoms with Crippen LogP contribution in [-0.2, 0) is 11.3 Å². The molecule has 31 heavy (non-hydrogen) atoms. The molecule has 164 valence electrons. The van der Waals surface area contributed by atoms with Gasteiger partial charge in [0.15, 0.2) is 11.5 Å². The monoisotopic (exact) mass is 423 g/mol. The van der Waals surface area contributed by atoms with Crippen LogP contribution in [0.1, 0.15) is 17.1 Å². The number of rotatable bonds is 5. The van der Waals surface area contributed by atoms with Crippen LogP contribution < -0.4 is 16.0 Å². The lowest BCUT2D eigenvalue weighted by atomic mass is 10.2. The highest BCUT2D eigenvalue weighted by atomic mass is 16.2. The number of anilines is 1. The number of aromatic nitrogens is 6. The van der Waals surface area contributed by atoms with Crippen molar-refractivity contribution in [2.45, 2.75) is 25.4 Å². The molecule has 6 rings (SSSR count). The molecule has 10 heteroatoms. The molecule has 0 bridgehead atoms. The molecule has 4 heterocycles. The smallest absolute Gasteiger partial charge is 0.243 e. The van der Waals surface area contributed by atoms with Gasteiger partial charge in [-0.15, -0.1) is 5.10 Å². The molecule has 0 spiro atoms. The number of carbonyl (C=O) groups is 1. The third-order valence-corrected chi connectivity index (χ3v) is 5.78. The molecule has 1 atom stereocenters. The SMILES string of the molecule is O=C1NCCNC[C@H]1Nc1nc2ccccc2c2nc(-c3cnn(CC4CC4)c3)nn12.[HH].[HH].[HH]. The molecule has 0 unspecified atom stereocenters. The van der Waals surface area contributed by atoms with E-state index in [1.54, 1.807) is 4.52 Å². The van der Waals surface area contributed by atoms with Crippen molar-refractivity contribution in [3.8, 4) is 11.4 Å². The second-order valence-corrected chi connectivity index (χ2v) is 8.21. The quantitative estimate of drug-likeness (QED) is 0.448. The van der Waals surface area contributed by atoms with E-state index in [0.29, 0.717) is 30.5 Å². The molecule has 3 aromatic heterocycles. The fourth-order valence-corrected chi connectivity index (χ4v) is 3.92. The third-order valence-electron chi connectivity index (χ3n) is 5.78. The van der Waals surface area contributed by atoms with E-state index in [-0.39, 0.29) is 10.2 Å². The second-order valence-electron chi connectivity index (χ2n) is 8.21. The minimum Gasteiger partial charge on any atom is -0.353 e. The van der Waals surface area contributed by atoms with Crippen molar-refractivity contribution in [1.82, 2.24) is 40.0 Å². The van der Waals surface area contributed by atoms with Gasteiger partial charge in [-0.2, -0.15) is 9.61 Å². The maximum Gasteiger partial charge on any atom is 0.243 e. The van der Waals surface area contributed by atoms with Gasteiger partial charge in [0, 0.05) is 42.0 Å². The number of hydrogen-bond donors (Lipinski definition) is 3. The van der Waals surface area contributed by atoms with E-state index in [4.69, 9.17) is 15.1 Å². The number of amides is 1. The van der Waals surface area contributed by atoms with Crippen LogP contribution >= 0.6 is 0 Å². The number of nitrogens with one attached hydrogen (secondary N) is 3. The average Bonchev–Trinajstić information content (AvgIpc) is 3.34. The standard InChI is InChI=1S/C21H23N9O.3H2/c31-20-17(10-22-7-8-23-20)26-21-25-16-4-2-1-3-15(16)19-27-18(28-30(19)21)14-9-24-29(12-14)11-13-5-6-13;;;/h1-4,9,12-13,17,22H,5-8,10-11H2,(H,23,31)(H,25,26);3*1H/t17-;;;/m1.../s1. The van der Waals surface area contributed by atoms with E-state index in [1.165, 1.54) is 12.8 Å². The lowest BCUT2D eigenvalue weighted by Gasteiger charge is -2.16. The van der Waals surface area contributed by atoms with E-state index < -0.39 is 6.04 Å². The van der Waals surface area contributed by atoms with E-state index in [0.717, 1.165) is 35.5 Å². The van der Waals surface area contributed by atoms with Crippen molar-refractivity contribution in [1.29, 1.82) is 0 Å². The van der Waals surface area contributed by atoms with Gasteiger partial charge in [0.1, 0.15) is 6.04 Å². The molecule has 1 aromatic carbocycles. The number of para-hydroxylation sites is 1. The fourth-order valence-electron chi connectivity index (χ4n) is 3.92. The summed E-state index contributed by atoms with van der Waals surface area (Å²) in [6, 6.07) is 7.37. The van der Waals surface area contributed by atoms with Gasteiger partial charge in [0.2, 0.25) is 11.9 Å². The van der Waals surface area contributed by atoms with E-state index in [2.05, 4.69) is 21.0 Å². The van der Waals surface area contributed by atoms with Crippen LogP contribution in [0.25, 0.3) is 27.9 Å². The largest absolute Gasteiger partial charge is 0.353 e. The molecule has 1 saturated carbocycles. The summed E-state index contributed by atoms with van der Waals surface area (Å²) in [5.74, 6) is 1.76. The zero-order valence-corrected chi connectivity index (χ0v) is 17.0. The molecule has 10 nitrogen and oxygen atoms in total. The van der Waals surface area contributed by atoms with Crippen molar-refractivity contribution >= 4 is 28.4 Å². The number of fused-ring (bicyclic) bond motifs is 3. The number of benzene rings is 1. The predicted molar refractivity (Wildman–Crippen MR) is 122 cm³/mol. The van der Waals surface area contributed by atoms with Crippen molar-refractivity contribution in [2.24, 2.45) is 5.92 Å². The van der Waals surface area contributed by atoms with Crippen LogP contribution in [0.5, 0.6) is 0 Å². The van der Waals surface area contributed by atoms with Crippen LogP contribution in [0.3, 0.4) is 0 Å². The van der Waals surface area contributed by atoms with Crippen LogP contribution in [0.2, 0.25) is 0 Å². The van der Waals surface area contributed by atoms with Gasteiger partial charge in [0.25, 0.3) is 0 Å². The summed E-state index contributed by atoms with van der Waals surface area (Å²) in [6.45, 7) is 2.80. The number of hydrogen-bond acceptors (Lipinski definition) is 7. The molecule has 0 radical (unpaired) electrons. The second kappa shape index (κ2) is 7.31. The van der Waals surface area contributed by atoms with Crippen molar-refractivity contribution in [3.63, 3.8) is 0 Å². The topological polar surface area (TPSA) is 114 Å². The predicted octanol–water partition coefficient (Wildman–Crippen LogP) is 1.79. The summed E-state index contributed by atoms with van der Waals surface area (Å²) in [5, 5.41) is 19.5. The van der Waals surface area contributed by atoms with E-state index in [1.807, 2.05) is 41.3 Å². The van der Waals surface area contributed by atoms with Crippen LogP contribution in [0.4, 0.5) is 5.95 Å². The Kier molecular flexibility index (Phi) is 4.30. The summed E-state index contributed by atoms with van der Waals surface area (Å²) in [7, 11) is 0. The Morgan fingerprint density at radius 3 is 3.00 bits per heavy atom. The maximum atomic E-state index is 12.4. The lowest BCUT2D eigenvalue weighted by Crippen LogP contribution is -2.42. The van der Waals surface area contributed by atoms with Gasteiger partial charge in [-0.05, 0) is 30.9 Å². The summed E-state index contributed by atoms with van der Waals surface area (Å²) in [4.78, 5) is 22.0. The van der Waals surface area contributed by atoms with Gasteiger partial charge in [0.05, 0.1) is 17.3 Å². The summed E-state index contributed by atoms with van der Waals surface area (Å²) >= 11 is 0. The van der Waals surface area contributed by atoms with Gasteiger partial charge in [-0.25, -0.2) is 9.97 Å². The summed E-state index contributed by atoms with van der Waals surface area (Å²) in [5.41, 5.74) is 2.36. The summed E-state index contributed by atoms with van der Waals surface area (Å²) < 4.78 is 3.66. The average molecular weight is 424 g/mol. The Labute approximate surface area is 182 Å². The Morgan fingerprint density at radius 1 is 1.19 bits per heavy atom. The molecule has 2 fully saturated rings. The van der Waals surface area contributed by atoms with Gasteiger partial charge >= 0.3 is 0 Å². The van der Waals surface area contributed by atoms with Crippen molar-refractivity contribution < 1.29 is 9.07 Å². The molecule has 1 saturated heterocycles. The highest BCUT2D eigenvalue weighted by Gasteiger charge is 2.24. The Bertz CT molecular complexity index is 1290.